The van der Waals surface area contributed by atoms with Crippen molar-refractivity contribution in [2.45, 2.75) is 25.7 Å². The van der Waals surface area contributed by atoms with Gasteiger partial charge in [-0.1, -0.05) is 30.3 Å². The SMILES string of the molecule is O=C(c1ccncc1)N1CCC2(CCCN(CCc3ccccc3)C2=O)C1. The predicted octanol–water partition coefficient (Wildman–Crippen LogP) is 2.78. The highest BCUT2D eigenvalue weighted by Crippen LogP contribution is 2.40. The minimum absolute atomic E-state index is 0.00323. The first-order chi connectivity index (χ1) is 13.2. The van der Waals surface area contributed by atoms with Gasteiger partial charge in [0, 0.05) is 44.1 Å². The number of carbonyl (C=O) groups is 2. The predicted molar refractivity (Wildman–Crippen MR) is 103 cm³/mol. The van der Waals surface area contributed by atoms with E-state index in [4.69, 9.17) is 0 Å². The van der Waals surface area contributed by atoms with E-state index in [1.165, 1.54) is 5.56 Å². The molecule has 4 rings (SSSR count). The van der Waals surface area contributed by atoms with Gasteiger partial charge >= 0.3 is 0 Å². The van der Waals surface area contributed by atoms with Crippen molar-refractivity contribution in [3.63, 3.8) is 0 Å². The molecular weight excluding hydrogens is 338 g/mol. The number of benzene rings is 1. The fourth-order valence-electron chi connectivity index (χ4n) is 4.38. The van der Waals surface area contributed by atoms with Crippen LogP contribution in [-0.2, 0) is 11.2 Å². The summed E-state index contributed by atoms with van der Waals surface area (Å²) in [5, 5.41) is 0. The van der Waals surface area contributed by atoms with Gasteiger partial charge < -0.3 is 9.80 Å². The van der Waals surface area contributed by atoms with Crippen LogP contribution in [0.25, 0.3) is 0 Å². The molecule has 1 aromatic carbocycles. The Morgan fingerprint density at radius 1 is 1.04 bits per heavy atom. The summed E-state index contributed by atoms with van der Waals surface area (Å²) in [4.78, 5) is 33.8. The van der Waals surface area contributed by atoms with Gasteiger partial charge in [0.2, 0.25) is 5.91 Å². The Hall–Kier alpha value is -2.69. The van der Waals surface area contributed by atoms with Gasteiger partial charge in [-0.25, -0.2) is 0 Å². The van der Waals surface area contributed by atoms with Gasteiger partial charge in [0.15, 0.2) is 0 Å². The molecule has 3 heterocycles. The van der Waals surface area contributed by atoms with Gasteiger partial charge in [0.1, 0.15) is 0 Å². The molecule has 0 N–H and O–H groups in total. The van der Waals surface area contributed by atoms with Crippen LogP contribution in [0, 0.1) is 5.41 Å². The highest BCUT2D eigenvalue weighted by Gasteiger charge is 2.49. The third kappa shape index (κ3) is 3.59. The Morgan fingerprint density at radius 3 is 2.59 bits per heavy atom. The number of carbonyl (C=O) groups excluding carboxylic acids is 2. The lowest BCUT2D eigenvalue weighted by molar-refractivity contribution is -0.145. The molecule has 2 saturated heterocycles. The number of piperidine rings is 1. The zero-order chi connectivity index (χ0) is 18.7. The van der Waals surface area contributed by atoms with Crippen molar-refractivity contribution in [3.05, 3.63) is 66.0 Å². The van der Waals surface area contributed by atoms with Crippen molar-refractivity contribution in [3.8, 4) is 0 Å². The number of hydrogen-bond donors (Lipinski definition) is 0. The lowest BCUT2D eigenvalue weighted by Crippen LogP contribution is -2.50. The van der Waals surface area contributed by atoms with E-state index in [-0.39, 0.29) is 11.8 Å². The van der Waals surface area contributed by atoms with Crippen LogP contribution in [0.4, 0.5) is 0 Å². The molecule has 2 amide bonds. The van der Waals surface area contributed by atoms with Crippen LogP contribution in [0.2, 0.25) is 0 Å². The van der Waals surface area contributed by atoms with Crippen LogP contribution in [0.15, 0.2) is 54.9 Å². The molecule has 2 aliphatic heterocycles. The molecule has 2 aromatic rings. The second kappa shape index (κ2) is 7.51. The number of pyridine rings is 1. The molecule has 1 aromatic heterocycles. The Morgan fingerprint density at radius 2 is 1.81 bits per heavy atom. The average Bonchev–Trinajstić information content (AvgIpc) is 3.15. The van der Waals surface area contributed by atoms with E-state index < -0.39 is 5.41 Å². The molecule has 5 nitrogen and oxygen atoms in total. The largest absolute Gasteiger partial charge is 0.342 e. The first kappa shape index (κ1) is 17.7. The van der Waals surface area contributed by atoms with E-state index >= 15 is 0 Å². The summed E-state index contributed by atoms with van der Waals surface area (Å²) in [5.41, 5.74) is 1.51. The first-order valence-electron chi connectivity index (χ1n) is 9.71. The van der Waals surface area contributed by atoms with Crippen LogP contribution >= 0.6 is 0 Å². The Labute approximate surface area is 160 Å². The molecular formula is C22H25N3O2. The third-order valence-electron chi connectivity index (χ3n) is 5.91. The number of aromatic nitrogens is 1. The summed E-state index contributed by atoms with van der Waals surface area (Å²) in [7, 11) is 0. The Bertz CT molecular complexity index is 809. The molecule has 0 bridgehead atoms. The lowest BCUT2D eigenvalue weighted by Gasteiger charge is -2.39. The number of hydrogen-bond acceptors (Lipinski definition) is 3. The molecule has 1 unspecified atom stereocenters. The highest BCUT2D eigenvalue weighted by atomic mass is 16.2. The van der Waals surface area contributed by atoms with E-state index in [1.54, 1.807) is 24.5 Å². The van der Waals surface area contributed by atoms with Gasteiger partial charge in [-0.15, -0.1) is 0 Å². The molecule has 2 aliphatic rings. The van der Waals surface area contributed by atoms with Crippen molar-refractivity contribution in [2.75, 3.05) is 26.2 Å². The maximum atomic E-state index is 13.3. The van der Waals surface area contributed by atoms with Gasteiger partial charge in [0.25, 0.3) is 5.91 Å². The number of likely N-dealkylation sites (tertiary alicyclic amines) is 2. The summed E-state index contributed by atoms with van der Waals surface area (Å²) in [6.45, 7) is 2.77. The smallest absolute Gasteiger partial charge is 0.253 e. The standard InChI is InChI=1S/C22H25N3O2/c26-20(19-7-12-23-13-8-19)25-16-11-22(17-25)10-4-14-24(21(22)27)15-9-18-5-2-1-3-6-18/h1-3,5-8,12-13H,4,9-11,14-17H2. The molecule has 1 spiro atoms. The first-order valence-corrected chi connectivity index (χ1v) is 9.71. The Balaban J connectivity index is 1.42. The molecule has 0 aliphatic carbocycles. The fourth-order valence-corrected chi connectivity index (χ4v) is 4.38. The minimum Gasteiger partial charge on any atom is -0.342 e. The van der Waals surface area contributed by atoms with Gasteiger partial charge in [-0.2, -0.15) is 0 Å². The monoisotopic (exact) mass is 363 g/mol. The minimum atomic E-state index is -0.391. The molecule has 5 heteroatoms. The number of rotatable bonds is 4. The van der Waals surface area contributed by atoms with E-state index in [1.807, 2.05) is 28.0 Å². The van der Waals surface area contributed by atoms with Crippen LogP contribution in [-0.4, -0.2) is 52.8 Å². The quantitative estimate of drug-likeness (QED) is 0.839. The second-order valence-electron chi connectivity index (χ2n) is 7.62. The lowest BCUT2D eigenvalue weighted by atomic mass is 9.78. The summed E-state index contributed by atoms with van der Waals surface area (Å²) in [6, 6.07) is 13.8. The van der Waals surface area contributed by atoms with Crippen LogP contribution in [0.5, 0.6) is 0 Å². The van der Waals surface area contributed by atoms with Gasteiger partial charge in [-0.3, -0.25) is 14.6 Å². The zero-order valence-electron chi connectivity index (χ0n) is 15.5. The number of amides is 2. The molecule has 0 saturated carbocycles. The zero-order valence-corrected chi connectivity index (χ0v) is 15.5. The fraction of sp³-hybridized carbons (Fsp3) is 0.409. The van der Waals surface area contributed by atoms with E-state index in [2.05, 4.69) is 17.1 Å². The highest BCUT2D eigenvalue weighted by molar-refractivity contribution is 5.95. The van der Waals surface area contributed by atoms with Crippen molar-refractivity contribution >= 4 is 11.8 Å². The molecule has 0 radical (unpaired) electrons. The molecule has 140 valence electrons. The summed E-state index contributed by atoms with van der Waals surface area (Å²) >= 11 is 0. The third-order valence-corrected chi connectivity index (χ3v) is 5.91. The van der Waals surface area contributed by atoms with Crippen LogP contribution in [0.1, 0.15) is 35.2 Å². The van der Waals surface area contributed by atoms with Crippen LogP contribution in [0.3, 0.4) is 0 Å². The van der Waals surface area contributed by atoms with E-state index in [9.17, 15) is 9.59 Å². The number of nitrogens with zero attached hydrogens (tertiary/aromatic N) is 3. The normalized spacial score (nSPS) is 22.4. The topological polar surface area (TPSA) is 53.5 Å². The van der Waals surface area contributed by atoms with Gasteiger partial charge in [-0.05, 0) is 43.4 Å². The second-order valence-corrected chi connectivity index (χ2v) is 7.62. The molecule has 1 atom stereocenters. The summed E-state index contributed by atoms with van der Waals surface area (Å²) in [5.74, 6) is 0.234. The molecule has 27 heavy (non-hydrogen) atoms. The van der Waals surface area contributed by atoms with Crippen molar-refractivity contribution in [2.24, 2.45) is 5.41 Å². The average molecular weight is 363 g/mol. The van der Waals surface area contributed by atoms with E-state index in [0.717, 1.165) is 38.8 Å². The molecule has 2 fully saturated rings. The van der Waals surface area contributed by atoms with Crippen molar-refractivity contribution in [1.29, 1.82) is 0 Å². The van der Waals surface area contributed by atoms with Gasteiger partial charge in [0.05, 0.1) is 5.41 Å². The van der Waals surface area contributed by atoms with Crippen molar-refractivity contribution < 1.29 is 9.59 Å². The van der Waals surface area contributed by atoms with E-state index in [0.29, 0.717) is 18.7 Å². The summed E-state index contributed by atoms with van der Waals surface area (Å²) in [6.07, 6.45) is 6.81. The Kier molecular flexibility index (Phi) is 4.92. The summed E-state index contributed by atoms with van der Waals surface area (Å²) < 4.78 is 0. The van der Waals surface area contributed by atoms with Crippen molar-refractivity contribution in [1.82, 2.24) is 14.8 Å². The van der Waals surface area contributed by atoms with Crippen LogP contribution < -0.4 is 0 Å². The maximum absolute atomic E-state index is 13.3. The maximum Gasteiger partial charge on any atom is 0.253 e.